The number of benzene rings is 2. The molecule has 0 saturated carbocycles. The fraction of sp³-hybridized carbons (Fsp3) is 0.292. The van der Waals surface area contributed by atoms with E-state index in [1.165, 1.54) is 0 Å². The van der Waals surface area contributed by atoms with Crippen LogP contribution in [0.1, 0.15) is 46.9 Å². The van der Waals surface area contributed by atoms with Crippen molar-refractivity contribution in [2.24, 2.45) is 0 Å². The Labute approximate surface area is 170 Å². The number of esters is 1. The Morgan fingerprint density at radius 1 is 1.07 bits per heavy atom. The van der Waals surface area contributed by atoms with Crippen LogP contribution in [-0.4, -0.2) is 23.0 Å². The van der Waals surface area contributed by atoms with Gasteiger partial charge in [-0.3, -0.25) is 9.78 Å². The molecule has 1 aliphatic rings. The minimum Gasteiger partial charge on any atom is -0.449 e. The number of nitrogens with zero attached hydrogens (tertiary/aromatic N) is 1. The van der Waals surface area contributed by atoms with Crippen molar-refractivity contribution in [1.29, 1.82) is 0 Å². The second-order valence-electron chi connectivity index (χ2n) is 7.29. The number of aryl methyl sites for hydroxylation is 1. The largest absolute Gasteiger partial charge is 0.449 e. The van der Waals surface area contributed by atoms with Gasteiger partial charge in [-0.2, -0.15) is 0 Å². The van der Waals surface area contributed by atoms with Crippen molar-refractivity contribution in [3.63, 3.8) is 0 Å². The molecule has 29 heavy (non-hydrogen) atoms. The number of fused-ring (bicyclic) bond motifs is 2. The van der Waals surface area contributed by atoms with Crippen LogP contribution < -0.4 is 5.32 Å². The maximum absolute atomic E-state index is 13.1. The molecular formula is C24H24N2O3. The molecule has 1 amide bonds. The summed E-state index contributed by atoms with van der Waals surface area (Å²) >= 11 is 0. The Kier molecular flexibility index (Phi) is 5.56. The number of hydrogen-bond donors (Lipinski definition) is 1. The molecule has 5 nitrogen and oxygen atoms in total. The van der Waals surface area contributed by atoms with Crippen molar-refractivity contribution in [2.75, 3.05) is 0 Å². The first-order valence-corrected chi connectivity index (χ1v) is 10.1. The first-order valence-electron chi connectivity index (χ1n) is 10.1. The van der Waals surface area contributed by atoms with Crippen LogP contribution >= 0.6 is 0 Å². The molecule has 0 bridgehead atoms. The molecule has 5 heteroatoms. The standard InChI is InChI=1S/C24H24N2O3/c1-2-21(23(27)25-15-16-9-4-3-5-10-16)29-24(28)22-17-11-6-7-13-19(17)26-20-14-8-12-18(20)22/h3-7,9-11,13,21H,2,8,12,14-15H2,1H3,(H,25,27). The average molecular weight is 388 g/mol. The van der Waals surface area contributed by atoms with E-state index in [1.54, 1.807) is 0 Å². The lowest BCUT2D eigenvalue weighted by atomic mass is 10.0. The van der Waals surface area contributed by atoms with Crippen molar-refractivity contribution in [3.05, 3.63) is 77.0 Å². The number of ether oxygens (including phenoxy) is 1. The first kappa shape index (κ1) is 19.1. The molecule has 1 N–H and O–H groups in total. The van der Waals surface area contributed by atoms with E-state index < -0.39 is 12.1 Å². The summed E-state index contributed by atoms with van der Waals surface area (Å²) in [5, 5.41) is 3.66. The molecule has 0 saturated heterocycles. The maximum Gasteiger partial charge on any atom is 0.339 e. The highest BCUT2D eigenvalue weighted by atomic mass is 16.5. The van der Waals surface area contributed by atoms with Gasteiger partial charge in [0.2, 0.25) is 0 Å². The SMILES string of the molecule is CCC(OC(=O)c1c2c(nc3ccccc13)CCC2)C(=O)NCc1ccccc1. The van der Waals surface area contributed by atoms with Gasteiger partial charge in [0.05, 0.1) is 11.1 Å². The summed E-state index contributed by atoms with van der Waals surface area (Å²) in [4.78, 5) is 30.5. The van der Waals surface area contributed by atoms with E-state index in [-0.39, 0.29) is 5.91 Å². The predicted octanol–water partition coefficient (Wildman–Crippen LogP) is 3.98. The van der Waals surface area contributed by atoms with Gasteiger partial charge in [-0.1, -0.05) is 55.5 Å². The number of aromatic nitrogens is 1. The molecule has 0 aliphatic heterocycles. The molecule has 3 aromatic rings. The topological polar surface area (TPSA) is 68.3 Å². The molecule has 4 rings (SSSR count). The Hall–Kier alpha value is -3.21. The molecule has 1 aliphatic carbocycles. The van der Waals surface area contributed by atoms with Gasteiger partial charge < -0.3 is 10.1 Å². The molecule has 2 aromatic carbocycles. The molecule has 1 atom stereocenters. The third-order valence-corrected chi connectivity index (χ3v) is 5.35. The normalized spacial score (nSPS) is 13.7. The van der Waals surface area contributed by atoms with Crippen molar-refractivity contribution < 1.29 is 14.3 Å². The molecule has 0 radical (unpaired) electrons. The minimum atomic E-state index is -0.824. The number of nitrogens with one attached hydrogen (secondary N) is 1. The number of para-hydroxylation sites is 1. The third-order valence-electron chi connectivity index (χ3n) is 5.35. The summed E-state index contributed by atoms with van der Waals surface area (Å²) in [6.45, 7) is 2.25. The van der Waals surface area contributed by atoms with Gasteiger partial charge >= 0.3 is 5.97 Å². The van der Waals surface area contributed by atoms with E-state index in [0.717, 1.165) is 47.0 Å². The molecule has 148 valence electrons. The van der Waals surface area contributed by atoms with Gasteiger partial charge in [0.1, 0.15) is 0 Å². The van der Waals surface area contributed by atoms with Crippen molar-refractivity contribution in [3.8, 4) is 0 Å². The van der Waals surface area contributed by atoms with E-state index >= 15 is 0 Å². The number of hydrogen-bond acceptors (Lipinski definition) is 4. The summed E-state index contributed by atoms with van der Waals surface area (Å²) in [5.41, 5.74) is 4.30. The highest BCUT2D eigenvalue weighted by molar-refractivity contribution is 6.06. The van der Waals surface area contributed by atoms with Crippen molar-refractivity contribution in [2.45, 2.75) is 45.3 Å². The summed E-state index contributed by atoms with van der Waals surface area (Å²) in [5.74, 6) is -0.719. The highest BCUT2D eigenvalue weighted by Crippen LogP contribution is 2.30. The van der Waals surface area contributed by atoms with E-state index in [0.29, 0.717) is 18.5 Å². The van der Waals surface area contributed by atoms with Crippen LogP contribution in [0, 0.1) is 0 Å². The second-order valence-corrected chi connectivity index (χ2v) is 7.29. The van der Waals surface area contributed by atoms with Crippen molar-refractivity contribution >= 4 is 22.8 Å². The van der Waals surface area contributed by atoms with Crippen LogP contribution in [0.25, 0.3) is 10.9 Å². The van der Waals surface area contributed by atoms with E-state index in [2.05, 4.69) is 5.32 Å². The van der Waals surface area contributed by atoms with Gasteiger partial charge in [-0.05, 0) is 42.9 Å². The highest BCUT2D eigenvalue weighted by Gasteiger charge is 2.28. The summed E-state index contributed by atoms with van der Waals surface area (Å²) in [7, 11) is 0. The summed E-state index contributed by atoms with van der Waals surface area (Å²) < 4.78 is 5.69. The van der Waals surface area contributed by atoms with Crippen LogP contribution in [0.2, 0.25) is 0 Å². The van der Waals surface area contributed by atoms with Gasteiger partial charge in [0, 0.05) is 17.6 Å². The predicted molar refractivity (Wildman–Crippen MR) is 112 cm³/mol. The summed E-state index contributed by atoms with van der Waals surface area (Å²) in [6.07, 6.45) is 2.25. The molecule has 1 aromatic heterocycles. The van der Waals surface area contributed by atoms with Crippen LogP contribution in [0.4, 0.5) is 0 Å². The number of carbonyl (C=O) groups is 2. The molecular weight excluding hydrogens is 364 g/mol. The van der Waals surface area contributed by atoms with Crippen LogP contribution in [0.3, 0.4) is 0 Å². The lowest BCUT2D eigenvalue weighted by molar-refractivity contribution is -0.130. The fourth-order valence-electron chi connectivity index (χ4n) is 3.85. The van der Waals surface area contributed by atoms with Gasteiger partial charge in [-0.15, -0.1) is 0 Å². The lowest BCUT2D eigenvalue weighted by Crippen LogP contribution is -2.37. The Morgan fingerprint density at radius 3 is 2.62 bits per heavy atom. The van der Waals surface area contributed by atoms with E-state index in [4.69, 9.17) is 9.72 Å². The maximum atomic E-state index is 13.1. The summed E-state index contributed by atoms with van der Waals surface area (Å²) in [6, 6.07) is 17.3. The zero-order valence-corrected chi connectivity index (χ0v) is 16.5. The minimum absolute atomic E-state index is 0.278. The number of pyridine rings is 1. The van der Waals surface area contributed by atoms with E-state index in [1.807, 2.05) is 61.5 Å². The van der Waals surface area contributed by atoms with E-state index in [9.17, 15) is 9.59 Å². The average Bonchev–Trinajstić information content (AvgIpc) is 3.22. The smallest absolute Gasteiger partial charge is 0.339 e. The van der Waals surface area contributed by atoms with Gasteiger partial charge in [-0.25, -0.2) is 4.79 Å². The second kappa shape index (κ2) is 8.43. The Bertz CT molecular complexity index is 1050. The van der Waals surface area contributed by atoms with Crippen LogP contribution in [0.5, 0.6) is 0 Å². The quantitative estimate of drug-likeness (QED) is 0.649. The Balaban J connectivity index is 1.54. The van der Waals surface area contributed by atoms with Gasteiger partial charge in [0.15, 0.2) is 6.10 Å². The molecule has 1 unspecified atom stereocenters. The molecule has 0 fully saturated rings. The lowest BCUT2D eigenvalue weighted by Gasteiger charge is -2.18. The number of carbonyl (C=O) groups excluding carboxylic acids is 2. The number of rotatable bonds is 6. The zero-order valence-electron chi connectivity index (χ0n) is 16.5. The van der Waals surface area contributed by atoms with Crippen molar-refractivity contribution in [1.82, 2.24) is 10.3 Å². The third kappa shape index (κ3) is 3.99. The monoisotopic (exact) mass is 388 g/mol. The van der Waals surface area contributed by atoms with Crippen LogP contribution in [0.15, 0.2) is 54.6 Å². The molecule has 0 spiro atoms. The van der Waals surface area contributed by atoms with Gasteiger partial charge in [0.25, 0.3) is 5.91 Å². The Morgan fingerprint density at radius 2 is 1.83 bits per heavy atom. The van der Waals surface area contributed by atoms with Crippen LogP contribution in [-0.2, 0) is 28.9 Å². The first-order chi connectivity index (χ1) is 14.2. The number of amides is 1. The zero-order chi connectivity index (χ0) is 20.2. The fourth-order valence-corrected chi connectivity index (χ4v) is 3.85. The molecule has 1 heterocycles.